The lowest BCUT2D eigenvalue weighted by molar-refractivity contribution is -0.131. The van der Waals surface area contributed by atoms with Crippen LogP contribution in [0.5, 0.6) is 0 Å². The zero-order chi connectivity index (χ0) is 15.2. The Labute approximate surface area is 125 Å². The van der Waals surface area contributed by atoms with Crippen molar-refractivity contribution in [2.45, 2.75) is 72.3 Å². The minimum absolute atomic E-state index is 0.303. The van der Waals surface area contributed by atoms with Crippen molar-refractivity contribution >= 4 is 5.91 Å². The second-order valence-corrected chi connectivity index (χ2v) is 7.82. The van der Waals surface area contributed by atoms with E-state index in [0.29, 0.717) is 29.7 Å². The predicted octanol–water partition coefficient (Wildman–Crippen LogP) is 3.44. The number of nitrogens with one attached hydrogen (secondary N) is 1. The highest BCUT2D eigenvalue weighted by Gasteiger charge is 2.20. The van der Waals surface area contributed by atoms with Crippen molar-refractivity contribution in [3.05, 3.63) is 0 Å². The van der Waals surface area contributed by atoms with E-state index in [1.165, 1.54) is 19.3 Å². The summed E-state index contributed by atoms with van der Waals surface area (Å²) in [5, 5.41) is 3.55. The van der Waals surface area contributed by atoms with Crippen LogP contribution in [0, 0.1) is 11.3 Å². The molecule has 3 nitrogen and oxygen atoms in total. The lowest BCUT2D eigenvalue weighted by Crippen LogP contribution is -2.38. The fourth-order valence-corrected chi connectivity index (χ4v) is 3.22. The zero-order valence-corrected chi connectivity index (χ0v) is 14.2. The van der Waals surface area contributed by atoms with Gasteiger partial charge in [-0.15, -0.1) is 0 Å². The predicted molar refractivity (Wildman–Crippen MR) is 85.7 cm³/mol. The van der Waals surface area contributed by atoms with Crippen LogP contribution >= 0.6 is 0 Å². The molecule has 1 rings (SSSR count). The number of carbonyl (C=O) groups excluding carboxylic acids is 1. The highest BCUT2D eigenvalue weighted by atomic mass is 16.2. The SMILES string of the molecule is CC(CC(=O)N(C)CCC1CCCCN1)CC(C)(C)C. The van der Waals surface area contributed by atoms with Gasteiger partial charge in [-0.1, -0.05) is 34.1 Å². The van der Waals surface area contributed by atoms with Gasteiger partial charge < -0.3 is 10.2 Å². The van der Waals surface area contributed by atoms with Gasteiger partial charge >= 0.3 is 0 Å². The van der Waals surface area contributed by atoms with Crippen LogP contribution in [0.25, 0.3) is 0 Å². The molecule has 0 bridgehead atoms. The maximum atomic E-state index is 12.2. The number of hydrogen-bond acceptors (Lipinski definition) is 2. The summed E-state index contributed by atoms with van der Waals surface area (Å²) in [6.07, 6.45) is 6.79. The van der Waals surface area contributed by atoms with E-state index in [1.807, 2.05) is 11.9 Å². The van der Waals surface area contributed by atoms with E-state index in [-0.39, 0.29) is 0 Å². The molecular weight excluding hydrogens is 248 g/mol. The molecule has 1 saturated heterocycles. The molecule has 0 saturated carbocycles. The van der Waals surface area contributed by atoms with Crippen LogP contribution in [0.4, 0.5) is 0 Å². The summed E-state index contributed by atoms with van der Waals surface area (Å²) in [6.45, 7) is 11.0. The van der Waals surface area contributed by atoms with Crippen molar-refractivity contribution in [2.24, 2.45) is 11.3 Å². The fourth-order valence-electron chi connectivity index (χ4n) is 3.22. The summed E-state index contributed by atoms with van der Waals surface area (Å²) in [6, 6.07) is 0.617. The van der Waals surface area contributed by atoms with Gasteiger partial charge in [-0.25, -0.2) is 0 Å². The van der Waals surface area contributed by atoms with Crippen molar-refractivity contribution in [3.8, 4) is 0 Å². The molecule has 3 heteroatoms. The van der Waals surface area contributed by atoms with Gasteiger partial charge in [0.05, 0.1) is 0 Å². The summed E-state index contributed by atoms with van der Waals surface area (Å²) >= 11 is 0. The van der Waals surface area contributed by atoms with Gasteiger partial charge in [-0.3, -0.25) is 4.79 Å². The number of nitrogens with zero attached hydrogens (tertiary/aromatic N) is 1. The van der Waals surface area contributed by atoms with Gasteiger partial charge in [-0.05, 0) is 43.6 Å². The topological polar surface area (TPSA) is 32.3 Å². The second kappa shape index (κ2) is 8.02. The molecular formula is C17H34N2O. The molecule has 118 valence electrons. The van der Waals surface area contributed by atoms with E-state index in [1.54, 1.807) is 0 Å². The van der Waals surface area contributed by atoms with Gasteiger partial charge in [0.2, 0.25) is 5.91 Å². The highest BCUT2D eigenvalue weighted by Crippen LogP contribution is 2.26. The summed E-state index contributed by atoms with van der Waals surface area (Å²) < 4.78 is 0. The van der Waals surface area contributed by atoms with Crippen LogP contribution in [0.3, 0.4) is 0 Å². The minimum Gasteiger partial charge on any atom is -0.346 e. The first kappa shape index (κ1) is 17.5. The monoisotopic (exact) mass is 282 g/mol. The van der Waals surface area contributed by atoms with Crippen LogP contribution < -0.4 is 5.32 Å². The Bertz CT molecular complexity index is 290. The summed E-state index contributed by atoms with van der Waals surface area (Å²) in [5.41, 5.74) is 0.310. The van der Waals surface area contributed by atoms with E-state index in [0.717, 1.165) is 25.9 Å². The third-order valence-corrected chi connectivity index (χ3v) is 4.14. The molecule has 0 radical (unpaired) electrons. The average molecular weight is 282 g/mol. The molecule has 0 aromatic heterocycles. The van der Waals surface area contributed by atoms with Crippen molar-refractivity contribution in [1.29, 1.82) is 0 Å². The van der Waals surface area contributed by atoms with Gasteiger partial charge in [0.15, 0.2) is 0 Å². The maximum Gasteiger partial charge on any atom is 0.222 e. The quantitative estimate of drug-likeness (QED) is 0.809. The standard InChI is InChI=1S/C17H34N2O/c1-14(13-17(2,3)4)12-16(20)19(5)11-9-15-8-6-7-10-18-15/h14-15,18H,6-13H2,1-5H3. The Morgan fingerprint density at radius 3 is 2.60 bits per heavy atom. The Hall–Kier alpha value is -0.570. The Morgan fingerprint density at radius 1 is 1.35 bits per heavy atom. The number of rotatable bonds is 6. The highest BCUT2D eigenvalue weighted by molar-refractivity contribution is 5.76. The van der Waals surface area contributed by atoms with Crippen LogP contribution in [0.15, 0.2) is 0 Å². The third kappa shape index (κ3) is 7.28. The first-order valence-corrected chi connectivity index (χ1v) is 8.25. The van der Waals surface area contributed by atoms with E-state index in [2.05, 4.69) is 33.0 Å². The summed E-state index contributed by atoms with van der Waals surface area (Å²) in [4.78, 5) is 14.1. The Morgan fingerprint density at radius 2 is 2.05 bits per heavy atom. The first-order chi connectivity index (χ1) is 9.28. The summed E-state index contributed by atoms with van der Waals surface area (Å²) in [5.74, 6) is 0.773. The molecule has 1 aliphatic heterocycles. The van der Waals surface area contributed by atoms with Gasteiger partial charge in [0.25, 0.3) is 0 Å². The maximum absolute atomic E-state index is 12.2. The lowest BCUT2D eigenvalue weighted by Gasteiger charge is -2.27. The average Bonchev–Trinajstić information content (AvgIpc) is 2.34. The number of carbonyl (C=O) groups is 1. The van der Waals surface area contributed by atoms with Crippen LogP contribution in [-0.4, -0.2) is 37.0 Å². The molecule has 1 fully saturated rings. The zero-order valence-electron chi connectivity index (χ0n) is 14.2. The van der Waals surface area contributed by atoms with E-state index in [4.69, 9.17) is 0 Å². The Balaban J connectivity index is 2.24. The fraction of sp³-hybridized carbons (Fsp3) is 0.941. The van der Waals surface area contributed by atoms with E-state index >= 15 is 0 Å². The number of piperidine rings is 1. The smallest absolute Gasteiger partial charge is 0.222 e. The number of hydrogen-bond donors (Lipinski definition) is 1. The molecule has 1 aliphatic rings. The van der Waals surface area contributed by atoms with Crippen LogP contribution in [0.1, 0.15) is 66.2 Å². The minimum atomic E-state index is 0.303. The molecule has 1 heterocycles. The van der Waals surface area contributed by atoms with Gasteiger partial charge in [0.1, 0.15) is 0 Å². The molecule has 0 aliphatic carbocycles. The van der Waals surface area contributed by atoms with Crippen LogP contribution in [0.2, 0.25) is 0 Å². The third-order valence-electron chi connectivity index (χ3n) is 4.14. The van der Waals surface area contributed by atoms with E-state index < -0.39 is 0 Å². The molecule has 0 spiro atoms. The number of amides is 1. The van der Waals surface area contributed by atoms with Crippen molar-refractivity contribution in [3.63, 3.8) is 0 Å². The first-order valence-electron chi connectivity index (χ1n) is 8.25. The van der Waals surface area contributed by atoms with Crippen molar-refractivity contribution < 1.29 is 4.79 Å². The normalized spacial score (nSPS) is 21.6. The molecule has 20 heavy (non-hydrogen) atoms. The molecule has 2 atom stereocenters. The largest absolute Gasteiger partial charge is 0.346 e. The molecule has 2 unspecified atom stereocenters. The summed E-state index contributed by atoms with van der Waals surface area (Å²) in [7, 11) is 1.95. The molecule has 0 aromatic rings. The molecule has 1 N–H and O–H groups in total. The van der Waals surface area contributed by atoms with E-state index in [9.17, 15) is 4.79 Å². The van der Waals surface area contributed by atoms with Gasteiger partial charge in [-0.2, -0.15) is 0 Å². The molecule has 1 amide bonds. The van der Waals surface area contributed by atoms with Crippen LogP contribution in [-0.2, 0) is 4.79 Å². The second-order valence-electron chi connectivity index (χ2n) is 7.82. The molecule has 0 aromatic carbocycles. The Kier molecular flexibility index (Phi) is 7.01. The van der Waals surface area contributed by atoms with Crippen molar-refractivity contribution in [1.82, 2.24) is 10.2 Å². The van der Waals surface area contributed by atoms with Gasteiger partial charge in [0, 0.05) is 26.1 Å². The van der Waals surface area contributed by atoms with Crippen molar-refractivity contribution in [2.75, 3.05) is 20.1 Å². The lowest BCUT2D eigenvalue weighted by atomic mass is 9.84.